The summed E-state index contributed by atoms with van der Waals surface area (Å²) in [4.78, 5) is 14.6. The highest BCUT2D eigenvalue weighted by molar-refractivity contribution is 5.95. The van der Waals surface area contributed by atoms with Crippen LogP contribution >= 0.6 is 0 Å². The standard InChI is InChI=1S/C16H22N4O/c1-13-14(6-4-8-17)5-3-7-15(13)16(21)18-20-11-9-19(2)10-12-20/h3,5,7H,8-12,17H2,1-2H3,(H,18,21). The highest BCUT2D eigenvalue weighted by Gasteiger charge is 2.18. The van der Waals surface area contributed by atoms with E-state index in [0.29, 0.717) is 12.1 Å². The van der Waals surface area contributed by atoms with Gasteiger partial charge in [0.05, 0.1) is 6.54 Å². The van der Waals surface area contributed by atoms with E-state index in [1.165, 1.54) is 0 Å². The van der Waals surface area contributed by atoms with Crippen LogP contribution in [0.1, 0.15) is 21.5 Å². The minimum atomic E-state index is -0.0755. The van der Waals surface area contributed by atoms with Gasteiger partial charge in [-0.25, -0.2) is 5.01 Å². The molecule has 0 aliphatic carbocycles. The summed E-state index contributed by atoms with van der Waals surface area (Å²) >= 11 is 0. The molecule has 21 heavy (non-hydrogen) atoms. The first-order valence-electron chi connectivity index (χ1n) is 7.15. The molecule has 2 rings (SSSR count). The Morgan fingerprint density at radius 1 is 1.33 bits per heavy atom. The zero-order valence-electron chi connectivity index (χ0n) is 12.6. The lowest BCUT2D eigenvalue weighted by Crippen LogP contribution is -2.52. The number of nitrogens with two attached hydrogens (primary N) is 1. The number of piperazine rings is 1. The van der Waals surface area contributed by atoms with Gasteiger partial charge < -0.3 is 10.6 Å². The number of hydrogen-bond donors (Lipinski definition) is 2. The first-order chi connectivity index (χ1) is 10.1. The van der Waals surface area contributed by atoms with Crippen LogP contribution in [0, 0.1) is 18.8 Å². The smallest absolute Gasteiger partial charge is 0.265 e. The van der Waals surface area contributed by atoms with Gasteiger partial charge in [0.1, 0.15) is 0 Å². The molecule has 0 radical (unpaired) electrons. The van der Waals surface area contributed by atoms with E-state index in [1.807, 2.05) is 30.1 Å². The summed E-state index contributed by atoms with van der Waals surface area (Å²) in [5.41, 5.74) is 10.8. The molecule has 3 N–H and O–H groups in total. The van der Waals surface area contributed by atoms with Crippen molar-refractivity contribution in [1.29, 1.82) is 0 Å². The molecule has 1 aliphatic rings. The van der Waals surface area contributed by atoms with Gasteiger partial charge in [-0.1, -0.05) is 17.9 Å². The molecule has 5 nitrogen and oxygen atoms in total. The number of hydrogen-bond acceptors (Lipinski definition) is 4. The Balaban J connectivity index is 2.09. The average Bonchev–Trinajstić information content (AvgIpc) is 2.48. The molecule has 0 aromatic heterocycles. The number of carbonyl (C=O) groups excluding carboxylic acids is 1. The van der Waals surface area contributed by atoms with Gasteiger partial charge >= 0.3 is 0 Å². The van der Waals surface area contributed by atoms with Crippen molar-refractivity contribution in [3.05, 3.63) is 34.9 Å². The van der Waals surface area contributed by atoms with Gasteiger partial charge in [-0.05, 0) is 31.7 Å². The summed E-state index contributed by atoms with van der Waals surface area (Å²) < 4.78 is 0. The molecule has 0 atom stereocenters. The van der Waals surface area contributed by atoms with Crippen LogP contribution in [0.4, 0.5) is 0 Å². The van der Waals surface area contributed by atoms with Crippen molar-refractivity contribution in [3.8, 4) is 11.8 Å². The van der Waals surface area contributed by atoms with Crippen molar-refractivity contribution in [1.82, 2.24) is 15.3 Å². The van der Waals surface area contributed by atoms with Crippen molar-refractivity contribution in [2.24, 2.45) is 5.73 Å². The summed E-state index contributed by atoms with van der Waals surface area (Å²) in [5, 5.41) is 1.97. The Bertz CT molecular complexity index is 565. The van der Waals surface area contributed by atoms with Crippen molar-refractivity contribution in [3.63, 3.8) is 0 Å². The SMILES string of the molecule is Cc1c(C#CCN)cccc1C(=O)NN1CCN(C)CC1. The Hall–Kier alpha value is -1.87. The zero-order chi connectivity index (χ0) is 15.2. The van der Waals surface area contributed by atoms with Crippen LogP contribution < -0.4 is 11.2 Å². The van der Waals surface area contributed by atoms with Crippen LogP contribution in [0.2, 0.25) is 0 Å². The Morgan fingerprint density at radius 3 is 2.71 bits per heavy atom. The molecule has 1 amide bonds. The Kier molecular flexibility index (Phi) is 5.34. The second kappa shape index (κ2) is 7.23. The van der Waals surface area contributed by atoms with E-state index < -0.39 is 0 Å². The van der Waals surface area contributed by atoms with E-state index in [1.54, 1.807) is 0 Å². The molecular formula is C16H22N4O. The number of rotatable bonds is 2. The largest absolute Gasteiger partial charge is 0.320 e. The predicted molar refractivity (Wildman–Crippen MR) is 83.6 cm³/mol. The van der Waals surface area contributed by atoms with Crippen molar-refractivity contribution >= 4 is 5.91 Å². The maximum atomic E-state index is 12.4. The van der Waals surface area contributed by atoms with Crippen LogP contribution in [0.15, 0.2) is 18.2 Å². The van der Waals surface area contributed by atoms with E-state index in [9.17, 15) is 4.79 Å². The van der Waals surface area contributed by atoms with E-state index in [0.717, 1.165) is 37.3 Å². The second-order valence-electron chi connectivity index (χ2n) is 5.22. The molecule has 1 aliphatic heterocycles. The molecule has 5 heteroatoms. The summed E-state index contributed by atoms with van der Waals surface area (Å²) in [6.45, 7) is 5.83. The highest BCUT2D eigenvalue weighted by atomic mass is 16.2. The summed E-state index contributed by atoms with van der Waals surface area (Å²) in [6, 6.07) is 5.59. The van der Waals surface area contributed by atoms with Gasteiger partial charge in [-0.15, -0.1) is 0 Å². The van der Waals surface area contributed by atoms with Crippen LogP contribution in [0.5, 0.6) is 0 Å². The third-order valence-corrected chi connectivity index (χ3v) is 3.67. The molecule has 1 aromatic rings. The fourth-order valence-electron chi connectivity index (χ4n) is 2.29. The molecule has 0 bridgehead atoms. The normalized spacial score (nSPS) is 16.1. The lowest BCUT2D eigenvalue weighted by atomic mass is 10.0. The molecule has 1 heterocycles. The van der Waals surface area contributed by atoms with E-state index in [-0.39, 0.29) is 5.91 Å². The van der Waals surface area contributed by atoms with Crippen LogP contribution in [0.3, 0.4) is 0 Å². The second-order valence-corrected chi connectivity index (χ2v) is 5.22. The van der Waals surface area contributed by atoms with Gasteiger partial charge in [-0.3, -0.25) is 10.2 Å². The number of likely N-dealkylation sites (N-methyl/N-ethyl adjacent to an activating group) is 1. The molecule has 112 valence electrons. The number of hydrazine groups is 1. The van der Waals surface area contributed by atoms with E-state index in [2.05, 4.69) is 29.2 Å². The van der Waals surface area contributed by atoms with Gasteiger partial charge in [0, 0.05) is 37.3 Å². The molecule has 0 spiro atoms. The zero-order valence-corrected chi connectivity index (χ0v) is 12.6. The quantitative estimate of drug-likeness (QED) is 0.762. The van der Waals surface area contributed by atoms with E-state index in [4.69, 9.17) is 5.73 Å². The van der Waals surface area contributed by atoms with Gasteiger partial charge in [0.15, 0.2) is 0 Å². The first kappa shape index (κ1) is 15.5. The van der Waals surface area contributed by atoms with Crippen molar-refractivity contribution in [2.75, 3.05) is 39.8 Å². The minimum Gasteiger partial charge on any atom is -0.320 e. The average molecular weight is 286 g/mol. The number of carbonyl (C=O) groups is 1. The van der Waals surface area contributed by atoms with E-state index >= 15 is 0 Å². The first-order valence-corrected chi connectivity index (χ1v) is 7.15. The van der Waals surface area contributed by atoms with Crippen LogP contribution in [0.25, 0.3) is 0 Å². The molecule has 1 aromatic carbocycles. The lowest BCUT2D eigenvalue weighted by molar-refractivity contribution is 0.0662. The maximum absolute atomic E-state index is 12.4. The molecule has 0 unspecified atom stereocenters. The van der Waals surface area contributed by atoms with Gasteiger partial charge in [0.25, 0.3) is 5.91 Å². The number of nitrogens with one attached hydrogen (secondary N) is 1. The fraction of sp³-hybridized carbons (Fsp3) is 0.438. The maximum Gasteiger partial charge on any atom is 0.265 e. The molecule has 0 saturated carbocycles. The van der Waals surface area contributed by atoms with Crippen molar-refractivity contribution in [2.45, 2.75) is 6.92 Å². The highest BCUT2D eigenvalue weighted by Crippen LogP contribution is 2.13. The molecular weight excluding hydrogens is 264 g/mol. The topological polar surface area (TPSA) is 61.6 Å². The van der Waals surface area contributed by atoms with Gasteiger partial charge in [-0.2, -0.15) is 0 Å². The molecule has 1 saturated heterocycles. The summed E-state index contributed by atoms with van der Waals surface area (Å²) in [5.74, 6) is 5.75. The van der Waals surface area contributed by atoms with Crippen molar-refractivity contribution < 1.29 is 4.79 Å². The van der Waals surface area contributed by atoms with Gasteiger partial charge in [0.2, 0.25) is 0 Å². The van der Waals surface area contributed by atoms with Crippen LogP contribution in [-0.4, -0.2) is 55.6 Å². The Labute approximate surface area is 126 Å². The number of amides is 1. The third kappa shape index (κ3) is 4.05. The predicted octanol–water partition coefficient (Wildman–Crippen LogP) is 0.197. The lowest BCUT2D eigenvalue weighted by Gasteiger charge is -2.32. The summed E-state index contributed by atoms with van der Waals surface area (Å²) in [7, 11) is 2.09. The Morgan fingerprint density at radius 2 is 2.05 bits per heavy atom. The third-order valence-electron chi connectivity index (χ3n) is 3.67. The fourth-order valence-corrected chi connectivity index (χ4v) is 2.29. The molecule has 1 fully saturated rings. The monoisotopic (exact) mass is 286 g/mol. The number of benzene rings is 1. The van der Waals surface area contributed by atoms with Crippen LogP contribution in [-0.2, 0) is 0 Å². The minimum absolute atomic E-state index is 0.0755. The summed E-state index contributed by atoms with van der Waals surface area (Å²) in [6.07, 6.45) is 0. The number of nitrogens with zero attached hydrogens (tertiary/aromatic N) is 2.